The van der Waals surface area contributed by atoms with Gasteiger partial charge in [-0.15, -0.1) is 10.2 Å². The average molecular weight is 300 g/mol. The molecule has 0 aliphatic carbocycles. The van der Waals surface area contributed by atoms with E-state index in [0.717, 1.165) is 5.56 Å². The van der Waals surface area contributed by atoms with Crippen molar-refractivity contribution in [3.8, 4) is 11.5 Å². The summed E-state index contributed by atoms with van der Waals surface area (Å²) in [6.45, 7) is 0. The molecule has 0 bridgehead atoms. The zero-order valence-corrected chi connectivity index (χ0v) is 11.5. The predicted molar refractivity (Wildman–Crippen MR) is 79.1 cm³/mol. The van der Waals surface area contributed by atoms with Crippen molar-refractivity contribution in [3.05, 3.63) is 65.5 Å². The first kappa shape index (κ1) is 13.3. The van der Waals surface area contributed by atoms with Gasteiger partial charge in [-0.2, -0.15) is 0 Å². The van der Waals surface area contributed by atoms with Crippen LogP contribution in [-0.4, -0.2) is 16.1 Å². The van der Waals surface area contributed by atoms with Crippen LogP contribution in [0.25, 0.3) is 11.5 Å². The van der Waals surface area contributed by atoms with Crippen molar-refractivity contribution in [1.82, 2.24) is 10.2 Å². The number of nitrogens with zero attached hydrogens (tertiary/aromatic N) is 2. The van der Waals surface area contributed by atoms with Crippen LogP contribution >= 0.6 is 11.6 Å². The van der Waals surface area contributed by atoms with E-state index >= 15 is 0 Å². The molecule has 2 aromatic carbocycles. The summed E-state index contributed by atoms with van der Waals surface area (Å²) in [4.78, 5) is 12.1. The van der Waals surface area contributed by atoms with Gasteiger partial charge in [-0.25, -0.2) is 0 Å². The van der Waals surface area contributed by atoms with Crippen LogP contribution < -0.4 is 5.32 Å². The summed E-state index contributed by atoms with van der Waals surface area (Å²) in [5, 5.41) is 10.7. The molecule has 3 aromatic rings. The topological polar surface area (TPSA) is 68.0 Å². The molecule has 1 aromatic heterocycles. The Morgan fingerprint density at radius 2 is 1.86 bits per heavy atom. The number of aromatic nitrogens is 2. The number of carbonyl (C=O) groups excluding carboxylic acids is 1. The van der Waals surface area contributed by atoms with Gasteiger partial charge in [0.1, 0.15) is 0 Å². The molecule has 0 fully saturated rings. The van der Waals surface area contributed by atoms with E-state index in [-0.39, 0.29) is 5.91 Å². The summed E-state index contributed by atoms with van der Waals surface area (Å²) >= 11 is 6.01. The number of halogens is 1. The Balaban J connectivity index is 1.78. The van der Waals surface area contributed by atoms with Crippen LogP contribution in [0.3, 0.4) is 0 Å². The minimum absolute atomic E-state index is 0.236. The molecular formula is C15H10ClN3O2. The predicted octanol–water partition coefficient (Wildman–Crippen LogP) is 3.64. The highest BCUT2D eigenvalue weighted by atomic mass is 35.5. The van der Waals surface area contributed by atoms with E-state index in [2.05, 4.69) is 15.5 Å². The first-order valence-corrected chi connectivity index (χ1v) is 6.54. The number of nitrogens with one attached hydrogen (secondary N) is 1. The van der Waals surface area contributed by atoms with Gasteiger partial charge in [-0.3, -0.25) is 4.79 Å². The maximum Gasteiger partial charge on any atom is 0.255 e. The molecule has 5 nitrogen and oxygen atoms in total. The van der Waals surface area contributed by atoms with Crippen molar-refractivity contribution in [2.45, 2.75) is 0 Å². The molecule has 0 spiro atoms. The molecule has 0 aliphatic rings. The Morgan fingerprint density at radius 3 is 2.52 bits per heavy atom. The number of rotatable bonds is 3. The van der Waals surface area contributed by atoms with Crippen molar-refractivity contribution in [2.24, 2.45) is 0 Å². The van der Waals surface area contributed by atoms with E-state index in [4.69, 9.17) is 16.0 Å². The number of anilines is 1. The van der Waals surface area contributed by atoms with E-state index in [1.54, 1.807) is 48.5 Å². The van der Waals surface area contributed by atoms with E-state index in [0.29, 0.717) is 22.2 Å². The van der Waals surface area contributed by atoms with Gasteiger partial charge in [0.15, 0.2) is 0 Å². The van der Waals surface area contributed by atoms with Crippen LogP contribution in [0.4, 0.5) is 5.69 Å². The normalized spacial score (nSPS) is 10.3. The summed E-state index contributed by atoms with van der Waals surface area (Å²) in [5.41, 5.74) is 1.84. The fraction of sp³-hybridized carbons (Fsp3) is 0. The lowest BCUT2D eigenvalue weighted by molar-refractivity contribution is 0.102. The van der Waals surface area contributed by atoms with Gasteiger partial charge >= 0.3 is 0 Å². The summed E-state index contributed by atoms with van der Waals surface area (Å²) in [7, 11) is 0. The molecule has 0 saturated heterocycles. The molecule has 1 heterocycles. The van der Waals surface area contributed by atoms with Gasteiger partial charge in [-0.05, 0) is 36.4 Å². The number of para-hydroxylation sites is 1. The van der Waals surface area contributed by atoms with Crippen LogP contribution in [0.1, 0.15) is 10.4 Å². The maximum atomic E-state index is 12.1. The Kier molecular flexibility index (Phi) is 3.66. The highest BCUT2D eigenvalue weighted by molar-refractivity contribution is 6.33. The fourth-order valence-corrected chi connectivity index (χ4v) is 2.00. The largest absolute Gasteiger partial charge is 0.423 e. The number of hydrogen-bond acceptors (Lipinski definition) is 4. The first-order chi connectivity index (χ1) is 10.2. The standard InChI is InChI=1S/C15H10ClN3O2/c16-12-3-1-2-4-13(12)18-14(20)10-5-7-11(8-6-10)15-19-17-9-21-15/h1-9H,(H,18,20). The Hall–Kier alpha value is -2.66. The monoisotopic (exact) mass is 299 g/mol. The quantitative estimate of drug-likeness (QED) is 0.801. The van der Waals surface area contributed by atoms with Crippen molar-refractivity contribution in [2.75, 3.05) is 5.32 Å². The molecule has 0 aliphatic heterocycles. The molecule has 6 heteroatoms. The SMILES string of the molecule is O=C(Nc1ccccc1Cl)c1ccc(-c2nnco2)cc1. The van der Waals surface area contributed by atoms with Crippen LogP contribution in [-0.2, 0) is 0 Å². The second-order valence-corrected chi connectivity index (χ2v) is 4.66. The number of benzene rings is 2. The van der Waals surface area contributed by atoms with Crippen LogP contribution in [0.2, 0.25) is 5.02 Å². The lowest BCUT2D eigenvalue weighted by Gasteiger charge is -2.07. The van der Waals surface area contributed by atoms with Crippen LogP contribution in [0.15, 0.2) is 59.3 Å². The highest BCUT2D eigenvalue weighted by Crippen LogP contribution is 2.22. The average Bonchev–Trinajstić information content (AvgIpc) is 3.04. The van der Waals surface area contributed by atoms with Gasteiger partial charge in [0.05, 0.1) is 10.7 Å². The Labute approximate surface area is 125 Å². The third-order valence-corrected chi connectivity index (χ3v) is 3.21. The zero-order valence-electron chi connectivity index (χ0n) is 10.8. The molecule has 3 rings (SSSR count). The van der Waals surface area contributed by atoms with E-state index in [1.165, 1.54) is 6.39 Å². The van der Waals surface area contributed by atoms with Crippen molar-refractivity contribution < 1.29 is 9.21 Å². The van der Waals surface area contributed by atoms with Crippen molar-refractivity contribution in [3.63, 3.8) is 0 Å². The molecule has 0 saturated carbocycles. The smallest absolute Gasteiger partial charge is 0.255 e. The third-order valence-electron chi connectivity index (χ3n) is 2.88. The molecule has 0 unspecified atom stereocenters. The molecular weight excluding hydrogens is 290 g/mol. The second kappa shape index (κ2) is 5.76. The Morgan fingerprint density at radius 1 is 1.10 bits per heavy atom. The van der Waals surface area contributed by atoms with E-state index in [1.807, 2.05) is 0 Å². The van der Waals surface area contributed by atoms with Crippen LogP contribution in [0, 0.1) is 0 Å². The maximum absolute atomic E-state index is 12.1. The summed E-state index contributed by atoms with van der Waals surface area (Å²) < 4.78 is 5.09. The molecule has 1 amide bonds. The number of hydrogen-bond donors (Lipinski definition) is 1. The Bertz CT molecular complexity index is 755. The minimum Gasteiger partial charge on any atom is -0.423 e. The van der Waals surface area contributed by atoms with Crippen molar-refractivity contribution >= 4 is 23.2 Å². The molecule has 104 valence electrons. The van der Waals surface area contributed by atoms with Crippen LogP contribution in [0.5, 0.6) is 0 Å². The van der Waals surface area contributed by atoms with Gasteiger partial charge < -0.3 is 9.73 Å². The summed E-state index contributed by atoms with van der Waals surface area (Å²) in [6.07, 6.45) is 1.26. The lowest BCUT2D eigenvalue weighted by atomic mass is 10.1. The number of amides is 1. The molecule has 0 atom stereocenters. The third kappa shape index (κ3) is 2.93. The molecule has 1 N–H and O–H groups in total. The molecule has 21 heavy (non-hydrogen) atoms. The van der Waals surface area contributed by atoms with Gasteiger partial charge in [0.25, 0.3) is 5.91 Å². The summed E-state index contributed by atoms with van der Waals surface area (Å²) in [6, 6.07) is 13.9. The summed E-state index contributed by atoms with van der Waals surface area (Å²) in [5.74, 6) is 0.174. The van der Waals surface area contributed by atoms with E-state index < -0.39 is 0 Å². The highest BCUT2D eigenvalue weighted by Gasteiger charge is 2.09. The number of carbonyl (C=O) groups is 1. The zero-order chi connectivity index (χ0) is 14.7. The molecule has 0 radical (unpaired) electrons. The second-order valence-electron chi connectivity index (χ2n) is 4.26. The first-order valence-electron chi connectivity index (χ1n) is 6.16. The minimum atomic E-state index is -0.236. The van der Waals surface area contributed by atoms with Gasteiger partial charge in [0.2, 0.25) is 12.3 Å². The van der Waals surface area contributed by atoms with E-state index in [9.17, 15) is 4.79 Å². The fourth-order valence-electron chi connectivity index (χ4n) is 1.82. The van der Waals surface area contributed by atoms with Gasteiger partial charge in [0, 0.05) is 11.1 Å². The van der Waals surface area contributed by atoms with Gasteiger partial charge in [-0.1, -0.05) is 23.7 Å². The lowest BCUT2D eigenvalue weighted by Crippen LogP contribution is -2.11. The van der Waals surface area contributed by atoms with Crippen molar-refractivity contribution in [1.29, 1.82) is 0 Å².